The van der Waals surface area contributed by atoms with Crippen LogP contribution in [0.2, 0.25) is 0 Å². The first kappa shape index (κ1) is 10.8. The molecule has 1 nitrogen and oxygen atoms in total. The van der Waals surface area contributed by atoms with Gasteiger partial charge in [0.05, 0.1) is 0 Å². The summed E-state index contributed by atoms with van der Waals surface area (Å²) in [5.74, 6) is 0.819. The summed E-state index contributed by atoms with van der Waals surface area (Å²) < 4.78 is 5.18. The maximum absolute atomic E-state index is 5.18. The van der Waals surface area contributed by atoms with Crippen LogP contribution in [0.15, 0.2) is 0 Å². The van der Waals surface area contributed by atoms with Crippen molar-refractivity contribution in [1.29, 1.82) is 0 Å². The van der Waals surface area contributed by atoms with Gasteiger partial charge in [0.15, 0.2) is 0 Å². The van der Waals surface area contributed by atoms with Crippen molar-refractivity contribution < 1.29 is 28.0 Å². The topological polar surface area (TPSA) is 9.23 Å². The fourth-order valence-electron chi connectivity index (χ4n) is 1.02. The van der Waals surface area contributed by atoms with Gasteiger partial charge in [-0.2, -0.15) is 0 Å². The molecule has 0 spiro atoms. The van der Waals surface area contributed by atoms with Crippen LogP contribution >= 0.6 is 0 Å². The SMILES string of the molecule is CCCCC(CC)C[O][Zr]. The van der Waals surface area contributed by atoms with Crippen molar-refractivity contribution in [1.82, 2.24) is 0 Å². The third-order valence-electron chi connectivity index (χ3n) is 1.86. The predicted octanol–water partition coefficient (Wildman–Crippen LogP) is 2.68. The van der Waals surface area contributed by atoms with Crippen molar-refractivity contribution in [2.24, 2.45) is 5.92 Å². The van der Waals surface area contributed by atoms with Gasteiger partial charge in [-0.05, 0) is 0 Å². The second kappa shape index (κ2) is 7.94. The van der Waals surface area contributed by atoms with Crippen molar-refractivity contribution in [3.63, 3.8) is 0 Å². The quantitative estimate of drug-likeness (QED) is 0.669. The average molecular weight is 220 g/mol. The zero-order valence-corrected chi connectivity index (χ0v) is 9.48. The Morgan fingerprint density at radius 3 is 2.50 bits per heavy atom. The van der Waals surface area contributed by atoms with Gasteiger partial charge in [0.1, 0.15) is 0 Å². The average Bonchev–Trinajstić information content (AvgIpc) is 1.98. The molecule has 0 aromatic heterocycles. The van der Waals surface area contributed by atoms with E-state index in [0.717, 1.165) is 12.5 Å². The van der Waals surface area contributed by atoms with Crippen LogP contribution in [0.25, 0.3) is 0 Å². The van der Waals surface area contributed by atoms with Crippen LogP contribution in [-0.4, -0.2) is 6.61 Å². The zero-order chi connectivity index (χ0) is 7.82. The molecule has 10 heavy (non-hydrogen) atoms. The maximum atomic E-state index is 5.18. The van der Waals surface area contributed by atoms with E-state index in [4.69, 9.17) is 2.81 Å². The van der Waals surface area contributed by atoms with E-state index in [2.05, 4.69) is 13.8 Å². The van der Waals surface area contributed by atoms with Gasteiger partial charge in [0.2, 0.25) is 0 Å². The van der Waals surface area contributed by atoms with Gasteiger partial charge in [0, 0.05) is 0 Å². The van der Waals surface area contributed by atoms with Gasteiger partial charge in [-0.15, -0.1) is 0 Å². The first-order valence-electron chi connectivity index (χ1n) is 4.13. The normalized spacial score (nSPS) is 13.3. The van der Waals surface area contributed by atoms with E-state index in [9.17, 15) is 0 Å². The summed E-state index contributed by atoms with van der Waals surface area (Å²) in [6, 6.07) is 0. The molecule has 0 saturated carbocycles. The molecule has 0 radical (unpaired) electrons. The van der Waals surface area contributed by atoms with E-state index in [0.29, 0.717) is 0 Å². The Kier molecular flexibility index (Phi) is 8.61. The van der Waals surface area contributed by atoms with Gasteiger partial charge in [0.25, 0.3) is 0 Å². The van der Waals surface area contributed by atoms with Crippen LogP contribution in [0, 0.1) is 5.92 Å². The summed E-state index contributed by atoms with van der Waals surface area (Å²) in [6.07, 6.45) is 5.29. The summed E-state index contributed by atoms with van der Waals surface area (Å²) in [7, 11) is 0. The number of hydrogen-bond acceptors (Lipinski definition) is 1. The van der Waals surface area contributed by atoms with Crippen molar-refractivity contribution in [3.05, 3.63) is 0 Å². The van der Waals surface area contributed by atoms with Crippen LogP contribution in [0.3, 0.4) is 0 Å². The molecule has 0 aliphatic rings. The van der Waals surface area contributed by atoms with Crippen LogP contribution in [0.5, 0.6) is 0 Å². The Balaban J connectivity index is 3.21. The van der Waals surface area contributed by atoms with E-state index >= 15 is 0 Å². The fourth-order valence-corrected chi connectivity index (χ4v) is 1.60. The van der Waals surface area contributed by atoms with Gasteiger partial charge in [-0.1, -0.05) is 0 Å². The molecule has 2 heteroatoms. The minimum absolute atomic E-state index is 0.819. The molecule has 0 bridgehead atoms. The molecule has 0 aromatic carbocycles. The number of unbranched alkanes of at least 4 members (excludes halogenated alkanes) is 1. The monoisotopic (exact) mass is 219 g/mol. The van der Waals surface area contributed by atoms with Gasteiger partial charge < -0.3 is 0 Å². The molecule has 0 rings (SSSR count). The molecule has 0 fully saturated rings. The summed E-state index contributed by atoms with van der Waals surface area (Å²) in [6.45, 7) is 5.47. The van der Waals surface area contributed by atoms with Crippen LogP contribution in [0.4, 0.5) is 0 Å². The third kappa shape index (κ3) is 5.61. The minimum atomic E-state index is 0.819. The van der Waals surface area contributed by atoms with Gasteiger partial charge >= 0.3 is 80.0 Å². The van der Waals surface area contributed by atoms with Crippen LogP contribution < -0.4 is 0 Å². The summed E-state index contributed by atoms with van der Waals surface area (Å²) in [5.41, 5.74) is 0. The molecule has 0 saturated heterocycles. The first-order chi connectivity index (χ1) is 4.85. The van der Waals surface area contributed by atoms with E-state index < -0.39 is 0 Å². The molecule has 59 valence electrons. The fraction of sp³-hybridized carbons (Fsp3) is 1.00. The summed E-state index contributed by atoms with van der Waals surface area (Å²) >= 11 is 1.21. The van der Waals surface area contributed by atoms with Crippen LogP contribution in [0.1, 0.15) is 39.5 Å². The van der Waals surface area contributed by atoms with Gasteiger partial charge in [-0.3, -0.25) is 0 Å². The van der Waals surface area contributed by atoms with E-state index in [-0.39, 0.29) is 0 Å². The molecular weight excluding hydrogens is 203 g/mol. The standard InChI is InChI=1S/C8H17O.Zr/c1-3-5-6-8(4-2)7-9;/h8H,3-7H2,1-2H3;/q-1;+1. The van der Waals surface area contributed by atoms with Crippen molar-refractivity contribution in [2.45, 2.75) is 39.5 Å². The van der Waals surface area contributed by atoms with Crippen molar-refractivity contribution >= 4 is 0 Å². The number of hydrogen-bond donors (Lipinski definition) is 0. The Labute approximate surface area is 80.0 Å². The van der Waals surface area contributed by atoms with Crippen LogP contribution in [-0.2, 0) is 28.0 Å². The third-order valence-corrected chi connectivity index (χ3v) is 2.27. The second-order valence-corrected chi connectivity index (χ2v) is 3.44. The molecule has 1 atom stereocenters. The zero-order valence-electron chi connectivity index (χ0n) is 7.02. The molecule has 0 aromatic rings. The Hall–Kier alpha value is 0.843. The first-order valence-corrected chi connectivity index (χ1v) is 5.14. The molecular formula is C8H17OZr. The summed E-state index contributed by atoms with van der Waals surface area (Å²) in [4.78, 5) is 0. The van der Waals surface area contributed by atoms with E-state index in [1.165, 1.54) is 50.8 Å². The second-order valence-electron chi connectivity index (χ2n) is 2.73. The van der Waals surface area contributed by atoms with E-state index in [1.807, 2.05) is 0 Å². The molecule has 1 unspecified atom stereocenters. The van der Waals surface area contributed by atoms with Gasteiger partial charge in [-0.25, -0.2) is 0 Å². The van der Waals surface area contributed by atoms with Crippen molar-refractivity contribution in [3.8, 4) is 0 Å². The number of rotatable bonds is 6. The summed E-state index contributed by atoms with van der Waals surface area (Å²) in [5, 5.41) is 0. The van der Waals surface area contributed by atoms with Crippen molar-refractivity contribution in [2.75, 3.05) is 6.61 Å². The predicted molar refractivity (Wildman–Crippen MR) is 39.3 cm³/mol. The molecule has 0 aliphatic heterocycles. The molecule has 0 amide bonds. The molecule has 0 N–H and O–H groups in total. The Bertz CT molecular complexity index is 66.3. The Morgan fingerprint density at radius 2 is 2.10 bits per heavy atom. The van der Waals surface area contributed by atoms with E-state index in [1.54, 1.807) is 0 Å². The molecule has 0 aliphatic carbocycles. The molecule has 0 heterocycles. The Morgan fingerprint density at radius 1 is 1.40 bits per heavy atom.